The van der Waals surface area contributed by atoms with E-state index >= 15 is 0 Å². The maximum atomic E-state index is 5.77. The molecule has 0 amide bonds. The van der Waals surface area contributed by atoms with Crippen LogP contribution in [-0.4, -0.2) is 54.9 Å². The fourth-order valence-electron chi connectivity index (χ4n) is 3.20. The lowest BCUT2D eigenvalue weighted by Gasteiger charge is -2.34. The number of hydrogen-bond acceptors (Lipinski definition) is 6. The molecule has 0 aromatic carbocycles. The molecule has 21 heavy (non-hydrogen) atoms. The van der Waals surface area contributed by atoms with Crippen LogP contribution < -0.4 is 5.32 Å². The van der Waals surface area contributed by atoms with Crippen molar-refractivity contribution in [1.29, 1.82) is 0 Å². The Hall–Kier alpha value is -0.980. The lowest BCUT2D eigenvalue weighted by atomic mass is 9.75. The number of aromatic nitrogens is 2. The van der Waals surface area contributed by atoms with E-state index in [0.717, 1.165) is 38.7 Å². The second-order valence-corrected chi connectivity index (χ2v) is 6.84. The predicted molar refractivity (Wildman–Crippen MR) is 79.1 cm³/mol. The fraction of sp³-hybridized carbons (Fsp3) is 0.867. The van der Waals surface area contributed by atoms with Gasteiger partial charge in [-0.15, -0.1) is 0 Å². The largest absolute Gasteiger partial charge is 0.367 e. The number of nitrogens with one attached hydrogen (secondary N) is 1. The van der Waals surface area contributed by atoms with Crippen LogP contribution in [0.2, 0.25) is 0 Å². The Morgan fingerprint density at radius 1 is 1.38 bits per heavy atom. The van der Waals surface area contributed by atoms with Crippen molar-refractivity contribution in [3.8, 4) is 0 Å². The van der Waals surface area contributed by atoms with Gasteiger partial charge in [-0.05, 0) is 38.9 Å². The van der Waals surface area contributed by atoms with Crippen molar-refractivity contribution >= 4 is 0 Å². The molecule has 3 rings (SSSR count). The summed E-state index contributed by atoms with van der Waals surface area (Å²) in [5, 5.41) is 7.64. The van der Waals surface area contributed by atoms with Gasteiger partial charge in [-0.25, -0.2) is 0 Å². The zero-order valence-corrected chi connectivity index (χ0v) is 13.3. The second kappa shape index (κ2) is 6.02. The maximum absolute atomic E-state index is 5.77. The molecule has 0 radical (unpaired) electrons. The van der Waals surface area contributed by atoms with Gasteiger partial charge in [-0.3, -0.25) is 0 Å². The molecule has 2 saturated heterocycles. The lowest BCUT2D eigenvalue weighted by Crippen LogP contribution is -2.41. The van der Waals surface area contributed by atoms with E-state index in [1.54, 1.807) is 0 Å². The Balaban J connectivity index is 1.74. The van der Waals surface area contributed by atoms with Gasteiger partial charge in [-0.2, -0.15) is 4.98 Å². The first-order chi connectivity index (χ1) is 10.1. The molecule has 0 saturated carbocycles. The Labute approximate surface area is 126 Å². The molecule has 2 unspecified atom stereocenters. The van der Waals surface area contributed by atoms with Crippen LogP contribution in [0.15, 0.2) is 4.52 Å². The van der Waals surface area contributed by atoms with Crippen molar-refractivity contribution in [2.24, 2.45) is 5.92 Å². The summed E-state index contributed by atoms with van der Waals surface area (Å²) >= 11 is 0. The number of likely N-dealkylation sites (N-methyl/N-ethyl adjacent to an activating group) is 1. The van der Waals surface area contributed by atoms with Crippen molar-refractivity contribution < 1.29 is 9.26 Å². The molecule has 0 spiro atoms. The van der Waals surface area contributed by atoms with Gasteiger partial charge in [0.05, 0.1) is 6.61 Å². The summed E-state index contributed by atoms with van der Waals surface area (Å²) in [5.74, 6) is 1.96. The van der Waals surface area contributed by atoms with Crippen molar-refractivity contribution in [1.82, 2.24) is 20.4 Å². The van der Waals surface area contributed by atoms with E-state index in [1.165, 1.54) is 12.8 Å². The van der Waals surface area contributed by atoms with Crippen LogP contribution >= 0.6 is 0 Å². The Morgan fingerprint density at radius 2 is 2.24 bits per heavy atom. The summed E-state index contributed by atoms with van der Waals surface area (Å²) in [6, 6.07) is 0. The van der Waals surface area contributed by atoms with Gasteiger partial charge < -0.3 is 19.5 Å². The SMILES string of the molecule is CN1CCOC(c2noc(C(C)(C)C3CCCNC3)n2)C1. The molecule has 2 aliphatic heterocycles. The molecule has 1 aromatic heterocycles. The van der Waals surface area contributed by atoms with Crippen molar-refractivity contribution in [3.63, 3.8) is 0 Å². The lowest BCUT2D eigenvalue weighted by molar-refractivity contribution is -0.0264. The normalized spacial score (nSPS) is 28.7. The summed E-state index contributed by atoms with van der Waals surface area (Å²) < 4.78 is 11.4. The highest BCUT2D eigenvalue weighted by molar-refractivity contribution is 5.06. The highest BCUT2D eigenvalue weighted by Crippen LogP contribution is 2.35. The average Bonchev–Trinajstić information content (AvgIpc) is 2.99. The highest BCUT2D eigenvalue weighted by Gasteiger charge is 2.38. The molecule has 2 aliphatic rings. The van der Waals surface area contributed by atoms with Gasteiger partial charge in [0.25, 0.3) is 0 Å². The van der Waals surface area contributed by atoms with Crippen LogP contribution in [0.3, 0.4) is 0 Å². The third-order valence-electron chi connectivity index (χ3n) is 4.87. The van der Waals surface area contributed by atoms with Gasteiger partial charge in [0.15, 0.2) is 0 Å². The van der Waals surface area contributed by atoms with Crippen LogP contribution in [-0.2, 0) is 10.2 Å². The van der Waals surface area contributed by atoms with Crippen LogP contribution in [0.1, 0.15) is 44.5 Å². The Bertz CT molecular complexity index is 468. The molecule has 0 bridgehead atoms. The Kier molecular flexibility index (Phi) is 4.28. The number of rotatable bonds is 3. The zero-order chi connectivity index (χ0) is 14.9. The van der Waals surface area contributed by atoms with Crippen molar-refractivity contribution in [2.75, 3.05) is 39.8 Å². The van der Waals surface area contributed by atoms with Gasteiger partial charge in [0.2, 0.25) is 11.7 Å². The molecular formula is C15H26N4O2. The minimum absolute atomic E-state index is 0.0680. The maximum Gasteiger partial charge on any atom is 0.232 e. The predicted octanol–water partition coefficient (Wildman–Crippen LogP) is 1.35. The summed E-state index contributed by atoms with van der Waals surface area (Å²) in [6.45, 7) is 9.05. The fourth-order valence-corrected chi connectivity index (χ4v) is 3.20. The molecule has 3 heterocycles. The van der Waals surface area contributed by atoms with E-state index < -0.39 is 0 Å². The standard InChI is InChI=1S/C15H26N4O2/c1-15(2,11-5-4-6-16-9-11)14-17-13(18-21-14)12-10-19(3)7-8-20-12/h11-12,16H,4-10H2,1-3H3. The smallest absolute Gasteiger partial charge is 0.232 e. The molecular weight excluding hydrogens is 268 g/mol. The second-order valence-electron chi connectivity index (χ2n) is 6.84. The third kappa shape index (κ3) is 3.12. The first-order valence-electron chi connectivity index (χ1n) is 7.92. The van der Waals surface area contributed by atoms with E-state index in [-0.39, 0.29) is 11.5 Å². The number of hydrogen-bond donors (Lipinski definition) is 1. The first-order valence-corrected chi connectivity index (χ1v) is 7.92. The molecule has 1 N–H and O–H groups in total. The van der Waals surface area contributed by atoms with E-state index in [4.69, 9.17) is 9.26 Å². The minimum Gasteiger partial charge on any atom is -0.367 e. The average molecular weight is 294 g/mol. The number of nitrogens with zero attached hydrogens (tertiary/aromatic N) is 3. The topological polar surface area (TPSA) is 63.4 Å². The van der Waals surface area contributed by atoms with E-state index in [1.807, 2.05) is 0 Å². The zero-order valence-electron chi connectivity index (χ0n) is 13.3. The summed E-state index contributed by atoms with van der Waals surface area (Å²) in [7, 11) is 2.09. The van der Waals surface area contributed by atoms with E-state index in [2.05, 4.69) is 41.3 Å². The van der Waals surface area contributed by atoms with Gasteiger partial charge in [-0.1, -0.05) is 19.0 Å². The molecule has 0 aliphatic carbocycles. The van der Waals surface area contributed by atoms with Gasteiger partial charge >= 0.3 is 0 Å². The van der Waals surface area contributed by atoms with Crippen LogP contribution in [0, 0.1) is 5.92 Å². The summed E-state index contributed by atoms with van der Waals surface area (Å²) in [5.41, 5.74) is -0.0980. The molecule has 118 valence electrons. The molecule has 2 atom stereocenters. The summed E-state index contributed by atoms with van der Waals surface area (Å²) in [6.07, 6.45) is 2.35. The third-order valence-corrected chi connectivity index (χ3v) is 4.87. The van der Waals surface area contributed by atoms with Crippen molar-refractivity contribution in [3.05, 3.63) is 11.7 Å². The molecule has 6 heteroatoms. The number of morpholine rings is 1. The van der Waals surface area contributed by atoms with Crippen LogP contribution in [0.5, 0.6) is 0 Å². The molecule has 1 aromatic rings. The van der Waals surface area contributed by atoms with E-state index in [9.17, 15) is 0 Å². The van der Waals surface area contributed by atoms with Gasteiger partial charge in [0.1, 0.15) is 6.10 Å². The summed E-state index contributed by atoms with van der Waals surface area (Å²) in [4.78, 5) is 6.89. The van der Waals surface area contributed by atoms with Crippen LogP contribution in [0.25, 0.3) is 0 Å². The first kappa shape index (κ1) is 14.9. The molecule has 6 nitrogen and oxygen atoms in total. The number of ether oxygens (including phenoxy) is 1. The number of piperidine rings is 1. The van der Waals surface area contributed by atoms with Gasteiger partial charge in [0, 0.05) is 18.5 Å². The molecule has 2 fully saturated rings. The monoisotopic (exact) mass is 294 g/mol. The van der Waals surface area contributed by atoms with Crippen molar-refractivity contribution in [2.45, 2.75) is 38.2 Å². The Morgan fingerprint density at radius 3 is 2.95 bits per heavy atom. The van der Waals surface area contributed by atoms with Crippen LogP contribution in [0.4, 0.5) is 0 Å². The minimum atomic E-state index is -0.0980. The van der Waals surface area contributed by atoms with E-state index in [0.29, 0.717) is 11.7 Å². The highest BCUT2D eigenvalue weighted by atomic mass is 16.5. The quantitative estimate of drug-likeness (QED) is 0.908.